The molecule has 0 spiro atoms. The molecule has 0 aromatic heterocycles. The molecule has 0 aliphatic heterocycles. The fourth-order valence-corrected chi connectivity index (χ4v) is 0.402. The molecule has 0 aromatic carbocycles. The number of aliphatic imine (C=N–C) groups is 1. The van der Waals surface area contributed by atoms with Crippen LogP contribution in [0, 0.1) is 5.92 Å². The SMILES string of the molecule is C=CC=NC(=C)C(C)C=C. The summed E-state index contributed by atoms with van der Waals surface area (Å²) in [5, 5.41) is 0. The third-order valence-corrected chi connectivity index (χ3v) is 1.22. The minimum Gasteiger partial charge on any atom is -0.261 e. The van der Waals surface area contributed by atoms with Gasteiger partial charge in [0.1, 0.15) is 0 Å². The minimum absolute atomic E-state index is 0.246. The number of hydrogen-bond donors (Lipinski definition) is 0. The lowest BCUT2D eigenvalue weighted by Gasteiger charge is -2.01. The van der Waals surface area contributed by atoms with Crippen LogP contribution in [-0.2, 0) is 0 Å². The monoisotopic (exact) mass is 135 g/mol. The average molecular weight is 135 g/mol. The lowest BCUT2D eigenvalue weighted by molar-refractivity contribution is 0.857. The van der Waals surface area contributed by atoms with E-state index in [0.717, 1.165) is 5.70 Å². The second-order valence-electron chi connectivity index (χ2n) is 2.03. The van der Waals surface area contributed by atoms with Crippen molar-refractivity contribution in [3.8, 4) is 0 Å². The van der Waals surface area contributed by atoms with Crippen molar-refractivity contribution in [2.75, 3.05) is 0 Å². The molecule has 10 heavy (non-hydrogen) atoms. The van der Waals surface area contributed by atoms with Gasteiger partial charge in [0.15, 0.2) is 0 Å². The van der Waals surface area contributed by atoms with E-state index in [9.17, 15) is 0 Å². The molecule has 0 saturated heterocycles. The minimum atomic E-state index is 0.246. The predicted octanol–water partition coefficient (Wildman–Crippen LogP) is 2.58. The van der Waals surface area contributed by atoms with E-state index in [1.54, 1.807) is 12.3 Å². The van der Waals surface area contributed by atoms with Crippen LogP contribution < -0.4 is 0 Å². The molecule has 1 nitrogen and oxygen atoms in total. The quantitative estimate of drug-likeness (QED) is 0.415. The first-order valence-electron chi connectivity index (χ1n) is 3.18. The van der Waals surface area contributed by atoms with E-state index in [4.69, 9.17) is 0 Å². The molecular formula is C9H13N. The van der Waals surface area contributed by atoms with Gasteiger partial charge in [0.2, 0.25) is 0 Å². The number of hydrogen-bond acceptors (Lipinski definition) is 1. The normalized spacial score (nSPS) is 12.9. The molecule has 0 aliphatic rings. The van der Waals surface area contributed by atoms with Gasteiger partial charge in [0, 0.05) is 17.8 Å². The van der Waals surface area contributed by atoms with E-state index in [2.05, 4.69) is 24.7 Å². The molecule has 1 unspecified atom stereocenters. The van der Waals surface area contributed by atoms with E-state index >= 15 is 0 Å². The molecule has 0 fully saturated rings. The van der Waals surface area contributed by atoms with E-state index in [1.165, 1.54) is 0 Å². The zero-order valence-corrected chi connectivity index (χ0v) is 6.38. The first-order chi connectivity index (χ1) is 4.72. The zero-order valence-electron chi connectivity index (χ0n) is 6.38. The highest BCUT2D eigenvalue weighted by molar-refractivity contribution is 5.71. The first kappa shape index (κ1) is 8.89. The maximum atomic E-state index is 4.00. The summed E-state index contributed by atoms with van der Waals surface area (Å²) in [4.78, 5) is 4.00. The van der Waals surface area contributed by atoms with Crippen LogP contribution in [0.5, 0.6) is 0 Å². The summed E-state index contributed by atoms with van der Waals surface area (Å²) in [6.07, 6.45) is 5.06. The topological polar surface area (TPSA) is 12.4 Å². The maximum Gasteiger partial charge on any atom is 0.0397 e. The Kier molecular flexibility index (Phi) is 4.21. The van der Waals surface area contributed by atoms with Crippen LogP contribution in [0.15, 0.2) is 42.6 Å². The van der Waals surface area contributed by atoms with Gasteiger partial charge < -0.3 is 0 Å². The van der Waals surface area contributed by atoms with Crippen LogP contribution in [0.2, 0.25) is 0 Å². The van der Waals surface area contributed by atoms with Crippen molar-refractivity contribution in [1.82, 2.24) is 0 Å². The van der Waals surface area contributed by atoms with Gasteiger partial charge in [-0.25, -0.2) is 0 Å². The van der Waals surface area contributed by atoms with Gasteiger partial charge >= 0.3 is 0 Å². The highest BCUT2D eigenvalue weighted by Gasteiger charge is 1.96. The van der Waals surface area contributed by atoms with E-state index in [0.29, 0.717) is 0 Å². The summed E-state index contributed by atoms with van der Waals surface area (Å²) in [6.45, 7) is 12.9. The van der Waals surface area contributed by atoms with Crippen molar-refractivity contribution in [2.24, 2.45) is 10.9 Å². The molecule has 0 aliphatic carbocycles. The molecule has 0 saturated carbocycles. The first-order valence-corrected chi connectivity index (χ1v) is 3.18. The Balaban J connectivity index is 3.95. The Bertz CT molecular complexity index is 166. The smallest absolute Gasteiger partial charge is 0.0397 e. The van der Waals surface area contributed by atoms with Crippen LogP contribution in [-0.4, -0.2) is 6.21 Å². The van der Waals surface area contributed by atoms with Crippen molar-refractivity contribution in [2.45, 2.75) is 6.92 Å². The molecule has 1 atom stereocenters. The van der Waals surface area contributed by atoms with Gasteiger partial charge in [-0.1, -0.05) is 32.2 Å². The predicted molar refractivity (Wildman–Crippen MR) is 47.2 cm³/mol. The summed E-state index contributed by atoms with van der Waals surface area (Å²) < 4.78 is 0. The third-order valence-electron chi connectivity index (χ3n) is 1.22. The molecule has 0 N–H and O–H groups in total. The Hall–Kier alpha value is -1.11. The molecule has 54 valence electrons. The Morgan fingerprint density at radius 2 is 2.10 bits per heavy atom. The van der Waals surface area contributed by atoms with Crippen LogP contribution in [0.1, 0.15) is 6.92 Å². The summed E-state index contributed by atoms with van der Waals surface area (Å²) in [5.41, 5.74) is 0.815. The highest BCUT2D eigenvalue weighted by Crippen LogP contribution is 2.08. The average Bonchev–Trinajstić information content (AvgIpc) is 1.98. The van der Waals surface area contributed by atoms with Crippen LogP contribution in [0.4, 0.5) is 0 Å². The fraction of sp³-hybridized carbons (Fsp3) is 0.222. The van der Waals surface area contributed by atoms with Crippen LogP contribution >= 0.6 is 0 Å². The lowest BCUT2D eigenvalue weighted by Crippen LogP contribution is -1.89. The van der Waals surface area contributed by atoms with Crippen molar-refractivity contribution >= 4 is 6.21 Å². The summed E-state index contributed by atoms with van der Waals surface area (Å²) in [5.74, 6) is 0.246. The van der Waals surface area contributed by atoms with Gasteiger partial charge in [0.25, 0.3) is 0 Å². The summed E-state index contributed by atoms with van der Waals surface area (Å²) in [6, 6.07) is 0. The van der Waals surface area contributed by atoms with Gasteiger partial charge in [-0.05, 0) is 0 Å². The van der Waals surface area contributed by atoms with Gasteiger partial charge in [0.05, 0.1) is 0 Å². The molecule has 0 aromatic rings. The van der Waals surface area contributed by atoms with Gasteiger partial charge in [-0.2, -0.15) is 0 Å². The fourth-order valence-electron chi connectivity index (χ4n) is 0.402. The molecule has 0 amide bonds. The number of allylic oxidation sites excluding steroid dienone is 2. The molecule has 0 bridgehead atoms. The Morgan fingerprint density at radius 3 is 2.50 bits per heavy atom. The Labute approximate surface area is 62.5 Å². The number of nitrogens with zero attached hydrogens (tertiary/aromatic N) is 1. The summed E-state index contributed by atoms with van der Waals surface area (Å²) in [7, 11) is 0. The summed E-state index contributed by atoms with van der Waals surface area (Å²) >= 11 is 0. The standard InChI is InChI=1S/C9H13N/c1-5-7-10-9(4)8(3)6-2/h5-8H,1-2,4H2,3H3. The van der Waals surface area contributed by atoms with Crippen molar-refractivity contribution in [1.29, 1.82) is 0 Å². The largest absolute Gasteiger partial charge is 0.261 e. The van der Waals surface area contributed by atoms with E-state index in [-0.39, 0.29) is 5.92 Å². The van der Waals surface area contributed by atoms with Crippen molar-refractivity contribution < 1.29 is 0 Å². The third kappa shape index (κ3) is 3.02. The van der Waals surface area contributed by atoms with Crippen molar-refractivity contribution in [3.63, 3.8) is 0 Å². The Morgan fingerprint density at radius 1 is 1.50 bits per heavy atom. The molecule has 0 rings (SSSR count). The molecule has 0 radical (unpaired) electrons. The lowest BCUT2D eigenvalue weighted by atomic mass is 10.1. The second kappa shape index (κ2) is 4.74. The highest BCUT2D eigenvalue weighted by atomic mass is 14.7. The number of rotatable bonds is 4. The molecule has 1 heteroatoms. The van der Waals surface area contributed by atoms with Crippen LogP contribution in [0.3, 0.4) is 0 Å². The van der Waals surface area contributed by atoms with Crippen molar-refractivity contribution in [3.05, 3.63) is 37.6 Å². The maximum absolute atomic E-state index is 4.00. The van der Waals surface area contributed by atoms with Gasteiger partial charge in [-0.15, -0.1) is 6.58 Å². The molecule has 0 heterocycles. The van der Waals surface area contributed by atoms with E-state index in [1.807, 2.05) is 13.0 Å². The second-order valence-corrected chi connectivity index (χ2v) is 2.03. The molecular weight excluding hydrogens is 122 g/mol. The zero-order chi connectivity index (χ0) is 7.98. The van der Waals surface area contributed by atoms with E-state index < -0.39 is 0 Å². The van der Waals surface area contributed by atoms with Gasteiger partial charge in [-0.3, -0.25) is 4.99 Å². The van der Waals surface area contributed by atoms with Crippen LogP contribution in [0.25, 0.3) is 0 Å².